The zero-order chi connectivity index (χ0) is 19.3. The van der Waals surface area contributed by atoms with Crippen molar-refractivity contribution < 1.29 is 8.78 Å². The Labute approximate surface area is 158 Å². The number of nitrogens with zero attached hydrogens (tertiary/aromatic N) is 2. The molecule has 140 valence electrons. The minimum Gasteiger partial charge on any atom is -0.325 e. The summed E-state index contributed by atoms with van der Waals surface area (Å²) in [5.74, 6) is 0.641. The van der Waals surface area contributed by atoms with Gasteiger partial charge in [-0.1, -0.05) is 43.1 Å². The number of alkyl halides is 2. The van der Waals surface area contributed by atoms with Crippen LogP contribution in [-0.4, -0.2) is 41.4 Å². The van der Waals surface area contributed by atoms with Gasteiger partial charge in [-0.2, -0.15) is 0 Å². The molecule has 3 nitrogen and oxygen atoms in total. The van der Waals surface area contributed by atoms with Crippen molar-refractivity contribution in [3.8, 4) is 0 Å². The topological polar surface area (TPSA) is 39.5 Å². The molecule has 0 bridgehead atoms. The van der Waals surface area contributed by atoms with Crippen molar-refractivity contribution in [1.29, 1.82) is 5.41 Å². The van der Waals surface area contributed by atoms with Crippen molar-refractivity contribution in [3.63, 3.8) is 0 Å². The fraction of sp³-hybridized carbons (Fsp3) is 0.400. The van der Waals surface area contributed by atoms with E-state index in [4.69, 9.17) is 5.41 Å². The van der Waals surface area contributed by atoms with E-state index in [0.29, 0.717) is 11.4 Å². The highest BCUT2D eigenvalue weighted by molar-refractivity contribution is 8.06. The van der Waals surface area contributed by atoms with E-state index in [2.05, 4.69) is 18.2 Å². The first-order valence-electron chi connectivity index (χ1n) is 8.54. The standard InChI is InChI=1S/C20H25F2N3S/c1-5-10-26-15(4)19-24-12-16(17(23)9-7-8-14(3)21)18-11-20(22,6-2)13-25(18)19/h5-7,9-10,14,23H,2,4,8,11-13H2,1,3H3/b9-7-,10-5-,23-17?. The Kier molecular flexibility index (Phi) is 6.75. The van der Waals surface area contributed by atoms with Crippen molar-refractivity contribution in [2.24, 2.45) is 4.99 Å². The van der Waals surface area contributed by atoms with Crippen LogP contribution in [0.2, 0.25) is 0 Å². The van der Waals surface area contributed by atoms with E-state index in [1.165, 1.54) is 24.8 Å². The van der Waals surface area contributed by atoms with Gasteiger partial charge in [-0.15, -0.1) is 0 Å². The smallest absolute Gasteiger partial charge is 0.152 e. The van der Waals surface area contributed by atoms with Crippen molar-refractivity contribution in [1.82, 2.24) is 4.90 Å². The monoisotopic (exact) mass is 377 g/mol. The summed E-state index contributed by atoms with van der Waals surface area (Å²) in [5.41, 5.74) is 0.0899. The molecule has 0 radical (unpaired) electrons. The van der Waals surface area contributed by atoms with E-state index in [0.717, 1.165) is 10.6 Å². The second-order valence-electron chi connectivity index (χ2n) is 6.41. The van der Waals surface area contributed by atoms with Crippen LogP contribution < -0.4 is 0 Å². The number of thioether (sulfide) groups is 1. The summed E-state index contributed by atoms with van der Waals surface area (Å²) in [6, 6.07) is 0. The van der Waals surface area contributed by atoms with E-state index < -0.39 is 11.8 Å². The van der Waals surface area contributed by atoms with E-state index in [9.17, 15) is 8.78 Å². The molecule has 6 heteroatoms. The van der Waals surface area contributed by atoms with Crippen LogP contribution in [0.1, 0.15) is 26.7 Å². The van der Waals surface area contributed by atoms with E-state index in [1.807, 2.05) is 18.4 Å². The number of hydrogen-bond donors (Lipinski definition) is 1. The summed E-state index contributed by atoms with van der Waals surface area (Å²) in [4.78, 5) is 7.09. The second kappa shape index (κ2) is 8.62. The molecule has 0 aliphatic carbocycles. The Hall–Kier alpha value is -1.95. The number of nitrogens with one attached hydrogen (secondary N) is 1. The van der Waals surface area contributed by atoms with Gasteiger partial charge in [-0.25, -0.2) is 8.78 Å². The predicted molar refractivity (Wildman–Crippen MR) is 108 cm³/mol. The number of amidine groups is 1. The molecule has 0 saturated carbocycles. The number of hydrogen-bond acceptors (Lipinski definition) is 4. The molecule has 2 heterocycles. The first-order valence-corrected chi connectivity index (χ1v) is 9.42. The fourth-order valence-electron chi connectivity index (χ4n) is 2.88. The summed E-state index contributed by atoms with van der Waals surface area (Å²) >= 11 is 1.44. The Bertz CT molecular complexity index is 719. The average Bonchev–Trinajstić information content (AvgIpc) is 2.96. The molecule has 26 heavy (non-hydrogen) atoms. The SMILES string of the molecule is C=CC1(F)CC2=C(C(=N)/C=C\CC(C)F)CN=C(C(=C)S/C=C\C)N2C1. The highest BCUT2D eigenvalue weighted by Gasteiger charge is 2.44. The van der Waals surface area contributed by atoms with E-state index in [1.54, 1.807) is 17.1 Å². The molecule has 1 fully saturated rings. The lowest BCUT2D eigenvalue weighted by atomic mass is 9.99. The van der Waals surface area contributed by atoms with E-state index >= 15 is 0 Å². The van der Waals surface area contributed by atoms with Crippen molar-refractivity contribution in [2.75, 3.05) is 13.1 Å². The largest absolute Gasteiger partial charge is 0.325 e. The van der Waals surface area contributed by atoms with Gasteiger partial charge >= 0.3 is 0 Å². The maximum atomic E-state index is 15.0. The molecule has 2 rings (SSSR count). The number of allylic oxidation sites excluding steroid dienone is 4. The zero-order valence-corrected chi connectivity index (χ0v) is 16.1. The van der Waals surface area contributed by atoms with E-state index in [-0.39, 0.29) is 31.6 Å². The van der Waals surface area contributed by atoms with Crippen LogP contribution in [0, 0.1) is 5.41 Å². The molecule has 2 aliphatic rings. The number of aliphatic imine (C=N–C) groups is 1. The lowest BCUT2D eigenvalue weighted by Gasteiger charge is -2.29. The molecule has 1 N–H and O–H groups in total. The van der Waals surface area contributed by atoms with Crippen molar-refractivity contribution >= 4 is 23.3 Å². The van der Waals surface area contributed by atoms with Gasteiger partial charge in [0.25, 0.3) is 0 Å². The maximum Gasteiger partial charge on any atom is 0.152 e. The van der Waals surface area contributed by atoms with Crippen LogP contribution in [-0.2, 0) is 0 Å². The minimum atomic E-state index is -1.56. The van der Waals surface area contributed by atoms with Gasteiger partial charge in [0.1, 0.15) is 12.0 Å². The van der Waals surface area contributed by atoms with Gasteiger partial charge in [-0.3, -0.25) is 4.99 Å². The lowest BCUT2D eigenvalue weighted by molar-refractivity contribution is 0.245. The van der Waals surface area contributed by atoms with Crippen LogP contribution in [0.4, 0.5) is 8.78 Å². The number of fused-ring (bicyclic) bond motifs is 1. The predicted octanol–water partition coefficient (Wildman–Crippen LogP) is 5.36. The van der Waals surface area contributed by atoms with Crippen LogP contribution in [0.5, 0.6) is 0 Å². The van der Waals surface area contributed by atoms with Crippen molar-refractivity contribution in [2.45, 2.75) is 38.5 Å². The third-order valence-corrected chi connectivity index (χ3v) is 5.11. The van der Waals surface area contributed by atoms with Crippen LogP contribution in [0.3, 0.4) is 0 Å². The Morgan fingerprint density at radius 1 is 1.54 bits per heavy atom. The number of halogens is 2. The molecule has 0 aromatic rings. The van der Waals surface area contributed by atoms with Gasteiger partial charge in [0.05, 0.1) is 18.8 Å². The van der Waals surface area contributed by atoms with Gasteiger partial charge in [-0.05, 0) is 31.8 Å². The Morgan fingerprint density at radius 3 is 2.88 bits per heavy atom. The quantitative estimate of drug-likeness (QED) is 0.457. The molecule has 0 aromatic heterocycles. The van der Waals surface area contributed by atoms with Crippen molar-refractivity contribution in [3.05, 3.63) is 59.0 Å². The molecule has 1 saturated heterocycles. The van der Waals surface area contributed by atoms with Gasteiger partial charge < -0.3 is 10.3 Å². The summed E-state index contributed by atoms with van der Waals surface area (Å²) in [5, 5.41) is 10.2. The van der Waals surface area contributed by atoms with Gasteiger partial charge in [0.15, 0.2) is 5.67 Å². The Balaban J connectivity index is 2.31. The average molecular weight is 378 g/mol. The summed E-state index contributed by atoms with van der Waals surface area (Å²) in [7, 11) is 0. The molecule has 0 aromatic carbocycles. The number of rotatable bonds is 8. The third-order valence-electron chi connectivity index (χ3n) is 4.23. The molecular formula is C20H25F2N3S. The summed E-state index contributed by atoms with van der Waals surface area (Å²) in [6.45, 7) is 11.5. The molecule has 2 unspecified atom stereocenters. The van der Waals surface area contributed by atoms with Crippen LogP contribution >= 0.6 is 11.8 Å². The molecule has 2 aliphatic heterocycles. The minimum absolute atomic E-state index is 0.113. The Morgan fingerprint density at radius 2 is 2.27 bits per heavy atom. The maximum absolute atomic E-state index is 15.0. The zero-order valence-electron chi connectivity index (χ0n) is 15.3. The second-order valence-corrected chi connectivity index (χ2v) is 7.41. The molecule has 2 atom stereocenters. The fourth-order valence-corrected chi connectivity index (χ4v) is 3.46. The lowest BCUT2D eigenvalue weighted by Crippen LogP contribution is -2.35. The summed E-state index contributed by atoms with van der Waals surface area (Å²) in [6.07, 6.45) is 5.88. The van der Waals surface area contributed by atoms with Gasteiger partial charge in [0.2, 0.25) is 0 Å². The van der Waals surface area contributed by atoms with Crippen LogP contribution in [0.15, 0.2) is 64.0 Å². The third kappa shape index (κ3) is 4.61. The normalized spacial score (nSPS) is 24.2. The molecular weight excluding hydrogens is 352 g/mol. The highest BCUT2D eigenvalue weighted by atomic mass is 32.2. The molecule has 0 amide bonds. The van der Waals surface area contributed by atoms with Crippen LogP contribution in [0.25, 0.3) is 0 Å². The summed E-state index contributed by atoms with van der Waals surface area (Å²) < 4.78 is 27.9. The molecule has 0 spiro atoms. The van der Waals surface area contributed by atoms with Gasteiger partial charge in [0, 0.05) is 22.6 Å². The first kappa shape index (κ1) is 20.4. The first-order chi connectivity index (χ1) is 12.3. The highest BCUT2D eigenvalue weighted by Crippen LogP contribution is 2.40.